The fraction of sp³-hybridized carbons (Fsp3) is 0.294. The third-order valence-electron chi connectivity index (χ3n) is 3.93. The Morgan fingerprint density at radius 2 is 2.20 bits per heavy atom. The zero-order chi connectivity index (χ0) is 13.9. The summed E-state index contributed by atoms with van der Waals surface area (Å²) in [6.07, 6.45) is 10.5. The number of hydrogen-bond acceptors (Lipinski definition) is 3. The molecule has 0 fully saturated rings. The highest BCUT2D eigenvalue weighted by Gasteiger charge is 2.17. The average molecular weight is 283 g/mol. The van der Waals surface area contributed by atoms with Crippen LogP contribution >= 0.6 is 11.3 Å². The van der Waals surface area contributed by atoms with Crippen molar-refractivity contribution in [2.75, 3.05) is 0 Å². The lowest BCUT2D eigenvalue weighted by molar-refractivity contribution is 0.112. The Hall–Kier alpha value is -1.74. The summed E-state index contributed by atoms with van der Waals surface area (Å²) in [6.45, 7) is 2.30. The second-order valence-electron chi connectivity index (χ2n) is 5.35. The number of carbonyl (C=O) groups is 1. The molecule has 0 saturated heterocycles. The number of hydrogen-bond donors (Lipinski definition) is 0. The highest BCUT2D eigenvalue weighted by Crippen LogP contribution is 2.37. The van der Waals surface area contributed by atoms with Crippen molar-refractivity contribution in [3.63, 3.8) is 0 Å². The minimum absolute atomic E-state index is 0.774. The van der Waals surface area contributed by atoms with Crippen LogP contribution in [0.5, 0.6) is 0 Å². The number of thiophene rings is 1. The van der Waals surface area contributed by atoms with Gasteiger partial charge in [-0.15, -0.1) is 11.3 Å². The molecule has 2 aromatic rings. The molecule has 0 radical (unpaired) electrons. The monoisotopic (exact) mass is 283 g/mol. The van der Waals surface area contributed by atoms with Crippen molar-refractivity contribution in [1.82, 2.24) is 4.98 Å². The van der Waals surface area contributed by atoms with E-state index in [9.17, 15) is 4.79 Å². The summed E-state index contributed by atoms with van der Waals surface area (Å²) in [6, 6.07) is 4.09. The molecule has 0 bridgehead atoms. The first kappa shape index (κ1) is 13.3. The van der Waals surface area contributed by atoms with E-state index in [1.54, 1.807) is 0 Å². The van der Waals surface area contributed by atoms with Crippen LogP contribution in [0.1, 0.15) is 41.4 Å². The Kier molecular flexibility index (Phi) is 3.79. The van der Waals surface area contributed by atoms with Crippen molar-refractivity contribution in [3.8, 4) is 11.1 Å². The van der Waals surface area contributed by atoms with Crippen LogP contribution in [0.25, 0.3) is 16.7 Å². The number of rotatable bonds is 3. The molecule has 1 unspecified atom stereocenters. The fourth-order valence-electron chi connectivity index (χ4n) is 2.73. The summed E-state index contributed by atoms with van der Waals surface area (Å²) in [5.41, 5.74) is 4.71. The molecule has 2 aromatic heterocycles. The Bertz CT molecular complexity index is 657. The molecular weight excluding hydrogens is 266 g/mol. The van der Waals surface area contributed by atoms with E-state index < -0.39 is 0 Å². The summed E-state index contributed by atoms with van der Waals surface area (Å²) < 4.78 is 0. The minimum Gasteiger partial charge on any atom is -0.297 e. The normalized spacial score (nSPS) is 18.6. The first-order valence-electron chi connectivity index (χ1n) is 6.96. The Morgan fingerprint density at radius 3 is 2.95 bits per heavy atom. The second-order valence-corrected chi connectivity index (χ2v) is 6.29. The van der Waals surface area contributed by atoms with Gasteiger partial charge in [0.1, 0.15) is 0 Å². The number of pyridine rings is 1. The van der Waals surface area contributed by atoms with Crippen LogP contribution < -0.4 is 0 Å². The maximum atomic E-state index is 11.2. The van der Waals surface area contributed by atoms with E-state index in [-0.39, 0.29) is 0 Å². The first-order chi connectivity index (χ1) is 9.79. The van der Waals surface area contributed by atoms with Gasteiger partial charge in [0, 0.05) is 23.5 Å². The number of nitrogens with zero attached hydrogens (tertiary/aromatic N) is 1. The molecule has 2 nitrogen and oxygen atoms in total. The predicted octanol–water partition coefficient (Wildman–Crippen LogP) is 4.83. The van der Waals surface area contributed by atoms with Gasteiger partial charge in [0.15, 0.2) is 6.29 Å². The van der Waals surface area contributed by atoms with Crippen molar-refractivity contribution in [3.05, 3.63) is 46.4 Å². The van der Waals surface area contributed by atoms with E-state index in [4.69, 9.17) is 0 Å². The van der Waals surface area contributed by atoms with Crippen LogP contribution in [0.4, 0.5) is 0 Å². The highest BCUT2D eigenvalue weighted by molar-refractivity contribution is 7.12. The van der Waals surface area contributed by atoms with Crippen LogP contribution in [0, 0.1) is 5.92 Å². The lowest BCUT2D eigenvalue weighted by atomic mass is 9.85. The third-order valence-corrected chi connectivity index (χ3v) is 4.77. The maximum absolute atomic E-state index is 11.2. The molecule has 0 spiro atoms. The summed E-state index contributed by atoms with van der Waals surface area (Å²) >= 11 is 1.48. The molecule has 0 N–H and O–H groups in total. The zero-order valence-corrected chi connectivity index (χ0v) is 12.3. The molecule has 2 heterocycles. The molecule has 1 aliphatic carbocycles. The summed E-state index contributed by atoms with van der Waals surface area (Å²) in [5.74, 6) is 0.774. The Labute approximate surface area is 123 Å². The number of allylic oxidation sites excluding steroid dienone is 2. The molecule has 102 valence electrons. The highest BCUT2D eigenvalue weighted by atomic mass is 32.1. The van der Waals surface area contributed by atoms with Crippen LogP contribution in [0.2, 0.25) is 0 Å². The molecular formula is C17H17NOS. The van der Waals surface area contributed by atoms with Gasteiger partial charge < -0.3 is 0 Å². The fourth-order valence-corrected chi connectivity index (χ4v) is 3.44. The van der Waals surface area contributed by atoms with E-state index in [2.05, 4.69) is 24.1 Å². The Balaban J connectivity index is 2.07. The van der Waals surface area contributed by atoms with E-state index >= 15 is 0 Å². The van der Waals surface area contributed by atoms with Gasteiger partial charge in [-0.3, -0.25) is 9.78 Å². The van der Waals surface area contributed by atoms with Gasteiger partial charge in [-0.2, -0.15) is 0 Å². The molecule has 3 rings (SSSR count). The van der Waals surface area contributed by atoms with Gasteiger partial charge in [-0.1, -0.05) is 13.0 Å². The molecule has 3 heteroatoms. The van der Waals surface area contributed by atoms with E-state index in [0.717, 1.165) is 41.0 Å². The third kappa shape index (κ3) is 2.46. The quantitative estimate of drug-likeness (QED) is 0.755. The van der Waals surface area contributed by atoms with Crippen LogP contribution in [-0.4, -0.2) is 11.3 Å². The molecule has 1 aliphatic rings. The number of carbonyl (C=O) groups excluding carboxylic acids is 1. The lowest BCUT2D eigenvalue weighted by Crippen LogP contribution is -2.02. The standard InChI is InChI=1S/C17H17NOS/c1-12-2-4-13(5-3-12)14-6-8-18-10-16(14)15-7-9-20-17(15)11-19/h4,6-12H,2-3,5H2,1H3. The maximum Gasteiger partial charge on any atom is 0.160 e. The SMILES string of the molecule is CC1CC=C(c2ccncc2-c2ccsc2C=O)CC1. The zero-order valence-electron chi connectivity index (χ0n) is 11.5. The minimum atomic E-state index is 0.774. The van der Waals surface area contributed by atoms with Crippen LogP contribution in [0.3, 0.4) is 0 Å². The van der Waals surface area contributed by atoms with Crippen molar-refractivity contribution >= 4 is 23.2 Å². The molecule has 0 amide bonds. The number of aldehydes is 1. The van der Waals surface area contributed by atoms with Crippen LogP contribution in [0.15, 0.2) is 36.0 Å². The second kappa shape index (κ2) is 5.71. The Morgan fingerprint density at radius 1 is 1.30 bits per heavy atom. The molecule has 0 saturated carbocycles. The van der Waals surface area contributed by atoms with Gasteiger partial charge >= 0.3 is 0 Å². The predicted molar refractivity (Wildman–Crippen MR) is 83.9 cm³/mol. The van der Waals surface area contributed by atoms with Gasteiger partial charge in [0.05, 0.1) is 4.88 Å². The van der Waals surface area contributed by atoms with Crippen molar-refractivity contribution in [2.45, 2.75) is 26.2 Å². The lowest BCUT2D eigenvalue weighted by Gasteiger charge is -2.20. The summed E-state index contributed by atoms with van der Waals surface area (Å²) in [4.78, 5) is 16.2. The van der Waals surface area contributed by atoms with Crippen LogP contribution in [-0.2, 0) is 0 Å². The van der Waals surface area contributed by atoms with Gasteiger partial charge in [0.2, 0.25) is 0 Å². The number of aromatic nitrogens is 1. The average Bonchev–Trinajstić information content (AvgIpc) is 2.96. The van der Waals surface area contributed by atoms with Crippen molar-refractivity contribution in [2.24, 2.45) is 5.92 Å². The molecule has 0 aliphatic heterocycles. The van der Waals surface area contributed by atoms with Gasteiger partial charge in [0.25, 0.3) is 0 Å². The summed E-state index contributed by atoms with van der Waals surface area (Å²) in [7, 11) is 0. The topological polar surface area (TPSA) is 30.0 Å². The van der Waals surface area contributed by atoms with Gasteiger partial charge in [-0.05, 0) is 53.8 Å². The van der Waals surface area contributed by atoms with Crippen molar-refractivity contribution in [1.29, 1.82) is 0 Å². The molecule has 0 aromatic carbocycles. The smallest absolute Gasteiger partial charge is 0.160 e. The molecule has 20 heavy (non-hydrogen) atoms. The summed E-state index contributed by atoms with van der Waals surface area (Å²) in [5, 5.41) is 1.97. The first-order valence-corrected chi connectivity index (χ1v) is 7.84. The van der Waals surface area contributed by atoms with E-state index in [1.165, 1.54) is 28.9 Å². The van der Waals surface area contributed by atoms with E-state index in [0.29, 0.717) is 0 Å². The largest absolute Gasteiger partial charge is 0.297 e. The molecule has 1 atom stereocenters. The van der Waals surface area contributed by atoms with Gasteiger partial charge in [-0.25, -0.2) is 0 Å². The van der Waals surface area contributed by atoms with Crippen molar-refractivity contribution < 1.29 is 4.79 Å². The van der Waals surface area contributed by atoms with E-state index in [1.807, 2.05) is 23.8 Å².